The lowest BCUT2D eigenvalue weighted by Gasteiger charge is -2.37. The van der Waals surface area contributed by atoms with Crippen LogP contribution in [0.3, 0.4) is 0 Å². The maximum absolute atomic E-state index is 8.89. The average Bonchev–Trinajstić information content (AvgIpc) is 2.49. The molecule has 0 spiro atoms. The van der Waals surface area contributed by atoms with Crippen LogP contribution in [0.2, 0.25) is 0 Å². The third kappa shape index (κ3) is 4.21. The topological polar surface area (TPSA) is 35.9 Å². The highest BCUT2D eigenvalue weighted by Gasteiger charge is 2.21. The zero-order chi connectivity index (χ0) is 15.2. The van der Waals surface area contributed by atoms with Crippen LogP contribution < -0.4 is 4.74 Å². The van der Waals surface area contributed by atoms with E-state index in [2.05, 4.69) is 35.6 Å². The highest BCUT2D eigenvalue weighted by atomic mass is 16.5. The van der Waals surface area contributed by atoms with Gasteiger partial charge in [-0.3, -0.25) is 4.90 Å². The molecule has 2 rings (SSSR count). The normalized spacial score (nSPS) is 19.9. The van der Waals surface area contributed by atoms with E-state index in [1.54, 1.807) is 7.11 Å². The number of rotatable bonds is 3. The van der Waals surface area contributed by atoms with Crippen molar-refractivity contribution >= 4 is 0 Å². The number of aliphatic hydroxyl groups excluding tert-OH is 1. The summed E-state index contributed by atoms with van der Waals surface area (Å²) in [6.07, 6.45) is 0. The first kappa shape index (κ1) is 15.8. The van der Waals surface area contributed by atoms with E-state index in [1.807, 2.05) is 18.2 Å². The molecule has 1 heterocycles. The molecule has 0 aromatic heterocycles. The number of hydrogen-bond donors (Lipinski definition) is 1. The van der Waals surface area contributed by atoms with Crippen molar-refractivity contribution in [1.82, 2.24) is 9.80 Å². The Morgan fingerprint density at radius 1 is 1.38 bits per heavy atom. The average molecular weight is 288 g/mol. The Morgan fingerprint density at radius 2 is 2.19 bits per heavy atom. The van der Waals surface area contributed by atoms with Gasteiger partial charge in [-0.15, -0.1) is 0 Å². The quantitative estimate of drug-likeness (QED) is 0.847. The summed E-state index contributed by atoms with van der Waals surface area (Å²) in [6.45, 7) is 6.21. The van der Waals surface area contributed by atoms with Gasteiger partial charge in [-0.2, -0.15) is 0 Å². The van der Waals surface area contributed by atoms with Gasteiger partial charge in [0.1, 0.15) is 12.4 Å². The Kier molecular flexibility index (Phi) is 5.63. The molecule has 1 aromatic carbocycles. The van der Waals surface area contributed by atoms with Crippen LogP contribution in [0.4, 0.5) is 0 Å². The lowest BCUT2D eigenvalue weighted by Crippen LogP contribution is -2.49. The summed E-state index contributed by atoms with van der Waals surface area (Å²) in [4.78, 5) is 4.83. The Labute approximate surface area is 127 Å². The van der Waals surface area contributed by atoms with E-state index in [4.69, 9.17) is 9.84 Å². The van der Waals surface area contributed by atoms with Crippen LogP contribution in [0.15, 0.2) is 18.2 Å². The van der Waals surface area contributed by atoms with Crippen LogP contribution >= 0.6 is 0 Å². The summed E-state index contributed by atoms with van der Waals surface area (Å²) in [5.41, 5.74) is 2.13. The zero-order valence-electron chi connectivity index (χ0n) is 13.1. The highest BCUT2D eigenvalue weighted by Crippen LogP contribution is 2.20. The molecule has 4 heteroatoms. The number of ether oxygens (including phenoxy) is 1. The van der Waals surface area contributed by atoms with Gasteiger partial charge >= 0.3 is 0 Å². The van der Waals surface area contributed by atoms with Crippen molar-refractivity contribution in [1.29, 1.82) is 0 Å². The van der Waals surface area contributed by atoms with E-state index in [9.17, 15) is 0 Å². The fraction of sp³-hybridized carbons (Fsp3) is 0.529. The predicted octanol–water partition coefficient (Wildman–Crippen LogP) is 1.17. The predicted molar refractivity (Wildman–Crippen MR) is 84.3 cm³/mol. The minimum absolute atomic E-state index is 0.114. The number of piperazine rings is 1. The molecule has 1 N–H and O–H groups in total. The molecule has 0 bridgehead atoms. The molecular formula is C17H24N2O2. The highest BCUT2D eigenvalue weighted by molar-refractivity contribution is 5.45. The number of nitrogens with zero attached hydrogens (tertiary/aromatic N) is 2. The molecule has 0 amide bonds. The monoisotopic (exact) mass is 288 g/mol. The molecule has 0 radical (unpaired) electrons. The van der Waals surface area contributed by atoms with Gasteiger partial charge < -0.3 is 14.7 Å². The summed E-state index contributed by atoms with van der Waals surface area (Å²) in [7, 11) is 3.85. The Balaban J connectivity index is 2.17. The summed E-state index contributed by atoms with van der Waals surface area (Å²) in [5, 5.41) is 8.89. The second kappa shape index (κ2) is 7.46. The van der Waals surface area contributed by atoms with Crippen LogP contribution in [-0.2, 0) is 6.54 Å². The second-order valence-electron chi connectivity index (χ2n) is 5.55. The number of benzene rings is 1. The fourth-order valence-electron chi connectivity index (χ4n) is 2.59. The van der Waals surface area contributed by atoms with E-state index < -0.39 is 0 Å². The molecule has 0 aliphatic carbocycles. The van der Waals surface area contributed by atoms with Crippen molar-refractivity contribution in [3.05, 3.63) is 29.3 Å². The van der Waals surface area contributed by atoms with Crippen molar-refractivity contribution < 1.29 is 9.84 Å². The van der Waals surface area contributed by atoms with Gasteiger partial charge in [0.15, 0.2) is 0 Å². The molecule has 1 aliphatic rings. The Morgan fingerprint density at radius 3 is 2.86 bits per heavy atom. The van der Waals surface area contributed by atoms with Gasteiger partial charge in [0.05, 0.1) is 7.11 Å². The lowest BCUT2D eigenvalue weighted by molar-refractivity contribution is 0.0999. The van der Waals surface area contributed by atoms with Crippen molar-refractivity contribution in [2.45, 2.75) is 19.5 Å². The maximum Gasteiger partial charge on any atom is 0.119 e. The number of likely N-dealkylation sites (N-methyl/N-ethyl adjacent to an activating group) is 1. The molecule has 4 nitrogen and oxygen atoms in total. The minimum atomic E-state index is -0.114. The van der Waals surface area contributed by atoms with Gasteiger partial charge in [0.2, 0.25) is 0 Å². The third-order valence-corrected chi connectivity index (χ3v) is 4.05. The smallest absolute Gasteiger partial charge is 0.119 e. The van der Waals surface area contributed by atoms with Crippen LogP contribution in [0.5, 0.6) is 5.75 Å². The summed E-state index contributed by atoms with van der Waals surface area (Å²) >= 11 is 0. The number of hydrogen-bond acceptors (Lipinski definition) is 4. The third-order valence-electron chi connectivity index (χ3n) is 4.05. The van der Waals surface area contributed by atoms with E-state index in [0.29, 0.717) is 6.04 Å². The molecule has 1 saturated heterocycles. The molecule has 1 unspecified atom stereocenters. The van der Waals surface area contributed by atoms with Gasteiger partial charge in [-0.05, 0) is 37.7 Å². The molecule has 1 aromatic rings. The van der Waals surface area contributed by atoms with Crippen molar-refractivity contribution in [3.8, 4) is 17.6 Å². The van der Waals surface area contributed by atoms with Crippen LogP contribution in [0, 0.1) is 11.8 Å². The van der Waals surface area contributed by atoms with E-state index in [0.717, 1.165) is 43.1 Å². The van der Waals surface area contributed by atoms with Gasteiger partial charge in [0.25, 0.3) is 0 Å². The largest absolute Gasteiger partial charge is 0.497 e. The first-order valence-electron chi connectivity index (χ1n) is 7.33. The Bertz CT molecular complexity index is 533. The minimum Gasteiger partial charge on any atom is -0.497 e. The second-order valence-corrected chi connectivity index (χ2v) is 5.55. The first-order valence-corrected chi connectivity index (χ1v) is 7.33. The van der Waals surface area contributed by atoms with Gasteiger partial charge in [-0.1, -0.05) is 11.8 Å². The van der Waals surface area contributed by atoms with Crippen molar-refractivity contribution in [3.63, 3.8) is 0 Å². The summed E-state index contributed by atoms with van der Waals surface area (Å²) in [5.74, 6) is 6.61. The van der Waals surface area contributed by atoms with Crippen molar-refractivity contribution in [2.75, 3.05) is 40.4 Å². The van der Waals surface area contributed by atoms with Crippen molar-refractivity contribution in [2.24, 2.45) is 0 Å². The summed E-state index contributed by atoms with van der Waals surface area (Å²) < 4.78 is 5.32. The number of aliphatic hydroxyl groups is 1. The van der Waals surface area contributed by atoms with Gasteiger partial charge in [0, 0.05) is 37.8 Å². The molecule has 21 heavy (non-hydrogen) atoms. The van der Waals surface area contributed by atoms with Crippen LogP contribution in [0.1, 0.15) is 18.1 Å². The number of methoxy groups -OCH3 is 1. The Hall–Kier alpha value is -1.54. The summed E-state index contributed by atoms with van der Waals surface area (Å²) in [6, 6.07) is 6.49. The maximum atomic E-state index is 8.89. The lowest BCUT2D eigenvalue weighted by atomic mass is 10.1. The fourth-order valence-corrected chi connectivity index (χ4v) is 2.59. The van der Waals surface area contributed by atoms with Crippen LogP contribution in [0.25, 0.3) is 0 Å². The SMILES string of the molecule is COc1ccc(C#CCO)c(CN2CCN(C)C(C)C2)c1. The molecule has 0 saturated carbocycles. The van der Waals surface area contributed by atoms with E-state index in [-0.39, 0.29) is 6.61 Å². The molecule has 1 aliphatic heterocycles. The van der Waals surface area contributed by atoms with E-state index >= 15 is 0 Å². The zero-order valence-corrected chi connectivity index (χ0v) is 13.1. The molecular weight excluding hydrogens is 264 g/mol. The van der Waals surface area contributed by atoms with Crippen LogP contribution in [-0.4, -0.2) is 61.3 Å². The first-order chi connectivity index (χ1) is 10.1. The molecule has 114 valence electrons. The van der Waals surface area contributed by atoms with Gasteiger partial charge in [-0.25, -0.2) is 0 Å². The van der Waals surface area contributed by atoms with E-state index in [1.165, 1.54) is 0 Å². The molecule has 1 fully saturated rings. The molecule has 1 atom stereocenters. The standard InChI is InChI=1S/C17H24N2O2/c1-14-12-19(9-8-18(14)2)13-16-11-17(21-3)7-6-15(16)5-4-10-20/h6-7,11,14,20H,8-10,12-13H2,1-3H3.